The van der Waals surface area contributed by atoms with E-state index in [1.807, 2.05) is 0 Å². The predicted octanol–water partition coefficient (Wildman–Crippen LogP) is 4.65. The highest BCUT2D eigenvalue weighted by atomic mass is 19.4. The molecule has 30 heavy (non-hydrogen) atoms. The molecular weight excluding hydrogens is 435 g/mol. The summed E-state index contributed by atoms with van der Waals surface area (Å²) in [5.41, 5.74) is -2.78. The van der Waals surface area contributed by atoms with E-state index in [1.54, 1.807) is 0 Å². The molecular formula is C16H10F7NO6. The van der Waals surface area contributed by atoms with Gasteiger partial charge in [-0.2, -0.15) is 17.6 Å². The van der Waals surface area contributed by atoms with Crippen molar-refractivity contribution in [3.8, 4) is 28.7 Å². The summed E-state index contributed by atoms with van der Waals surface area (Å²) in [7, 11) is 1.61. The SMILES string of the molecule is COc1c(Oc2cnc(C(F)(F)F)c(OC)c2C(=O)O)ccc(OC(F)(F)F)c1F. The fraction of sp³-hybridized carbons (Fsp3) is 0.250. The molecule has 1 aromatic heterocycles. The van der Waals surface area contributed by atoms with E-state index in [2.05, 4.69) is 19.2 Å². The number of aromatic nitrogens is 1. The van der Waals surface area contributed by atoms with Gasteiger partial charge in [0.05, 0.1) is 20.4 Å². The lowest BCUT2D eigenvalue weighted by atomic mass is 10.1. The summed E-state index contributed by atoms with van der Waals surface area (Å²) < 4.78 is 108. The average molecular weight is 445 g/mol. The molecule has 0 aliphatic rings. The number of carboxylic acids is 1. The van der Waals surface area contributed by atoms with Crippen LogP contribution in [0.5, 0.6) is 28.7 Å². The van der Waals surface area contributed by atoms with Crippen LogP contribution in [0.3, 0.4) is 0 Å². The monoisotopic (exact) mass is 445 g/mol. The number of hydrogen-bond acceptors (Lipinski definition) is 6. The standard InChI is InChI=1S/C16H10F7NO6/c1-27-11-7(4-3-6(10(11)17)30-16(21,22)23)29-8-5-24-13(15(18,19)20)12(28-2)9(8)14(25)26/h3-5H,1-2H3,(H,25,26). The van der Waals surface area contributed by atoms with Crippen LogP contribution in [0.25, 0.3) is 0 Å². The van der Waals surface area contributed by atoms with E-state index in [0.717, 1.165) is 20.3 Å². The van der Waals surface area contributed by atoms with Gasteiger partial charge in [-0.05, 0) is 12.1 Å². The normalized spacial score (nSPS) is 11.8. The van der Waals surface area contributed by atoms with E-state index in [0.29, 0.717) is 12.3 Å². The second kappa shape index (κ2) is 8.12. The molecule has 0 bridgehead atoms. The lowest BCUT2D eigenvalue weighted by Crippen LogP contribution is -2.18. The Hall–Kier alpha value is -3.45. The van der Waals surface area contributed by atoms with Gasteiger partial charge >= 0.3 is 18.5 Å². The third kappa shape index (κ3) is 4.75. The number of nitrogens with zero attached hydrogens (tertiary/aromatic N) is 1. The first-order valence-electron chi connectivity index (χ1n) is 7.47. The van der Waals surface area contributed by atoms with Crippen molar-refractivity contribution in [2.24, 2.45) is 0 Å². The van der Waals surface area contributed by atoms with Crippen molar-refractivity contribution in [3.63, 3.8) is 0 Å². The van der Waals surface area contributed by atoms with E-state index in [4.69, 9.17) is 4.74 Å². The van der Waals surface area contributed by atoms with E-state index >= 15 is 0 Å². The van der Waals surface area contributed by atoms with Crippen molar-refractivity contribution in [2.45, 2.75) is 12.5 Å². The molecule has 0 amide bonds. The summed E-state index contributed by atoms with van der Waals surface area (Å²) in [6.07, 6.45) is -9.92. The number of halogens is 7. The van der Waals surface area contributed by atoms with Gasteiger partial charge in [-0.3, -0.25) is 0 Å². The van der Waals surface area contributed by atoms with Crippen molar-refractivity contribution >= 4 is 5.97 Å². The lowest BCUT2D eigenvalue weighted by molar-refractivity contribution is -0.275. The Kier molecular flexibility index (Phi) is 6.18. The summed E-state index contributed by atoms with van der Waals surface area (Å²) in [6.45, 7) is 0. The van der Waals surface area contributed by atoms with Crippen molar-refractivity contribution in [3.05, 3.63) is 35.4 Å². The molecule has 0 saturated heterocycles. The van der Waals surface area contributed by atoms with Gasteiger partial charge in [0.1, 0.15) is 5.56 Å². The fourth-order valence-corrected chi connectivity index (χ4v) is 2.27. The van der Waals surface area contributed by atoms with Crippen LogP contribution < -0.4 is 18.9 Å². The summed E-state index contributed by atoms with van der Waals surface area (Å²) in [4.78, 5) is 14.6. The molecule has 0 spiro atoms. The molecule has 1 aromatic carbocycles. The molecule has 0 saturated carbocycles. The maximum atomic E-state index is 14.3. The summed E-state index contributed by atoms with van der Waals surface area (Å²) in [5.74, 6) is -8.48. The molecule has 7 nitrogen and oxygen atoms in total. The molecule has 14 heteroatoms. The smallest absolute Gasteiger partial charge is 0.493 e. The van der Waals surface area contributed by atoms with Crippen LogP contribution in [0.1, 0.15) is 16.1 Å². The number of pyridine rings is 1. The van der Waals surface area contributed by atoms with Gasteiger partial charge in [-0.1, -0.05) is 0 Å². The predicted molar refractivity (Wildman–Crippen MR) is 82.5 cm³/mol. The molecule has 164 valence electrons. The molecule has 0 aliphatic carbocycles. The van der Waals surface area contributed by atoms with Crippen molar-refractivity contribution in [1.29, 1.82) is 0 Å². The number of aromatic carboxylic acids is 1. The van der Waals surface area contributed by atoms with Crippen molar-refractivity contribution in [1.82, 2.24) is 4.98 Å². The molecule has 0 radical (unpaired) electrons. The third-order valence-corrected chi connectivity index (χ3v) is 3.36. The molecule has 0 unspecified atom stereocenters. The minimum absolute atomic E-state index is 0.381. The van der Waals surface area contributed by atoms with Gasteiger partial charge in [0.15, 0.2) is 28.7 Å². The molecule has 2 aromatic rings. The van der Waals surface area contributed by atoms with Gasteiger partial charge in [0.25, 0.3) is 0 Å². The quantitative estimate of drug-likeness (QED) is 0.648. The van der Waals surface area contributed by atoms with Gasteiger partial charge in [-0.25, -0.2) is 9.78 Å². The summed E-state index contributed by atoms with van der Waals surface area (Å²) in [6, 6.07) is 1.22. The Morgan fingerprint density at radius 2 is 1.53 bits per heavy atom. The highest BCUT2D eigenvalue weighted by Gasteiger charge is 2.40. The number of hydrogen-bond donors (Lipinski definition) is 1. The van der Waals surface area contributed by atoms with Gasteiger partial charge in [0.2, 0.25) is 11.6 Å². The zero-order chi connectivity index (χ0) is 22.9. The summed E-state index contributed by atoms with van der Waals surface area (Å²) >= 11 is 0. The summed E-state index contributed by atoms with van der Waals surface area (Å²) in [5, 5.41) is 9.29. The van der Waals surface area contributed by atoms with Crippen LogP contribution in [0.4, 0.5) is 30.7 Å². The minimum Gasteiger partial charge on any atom is -0.493 e. The Morgan fingerprint density at radius 1 is 0.967 bits per heavy atom. The highest BCUT2D eigenvalue weighted by Crippen LogP contribution is 2.44. The van der Waals surface area contributed by atoms with Crippen LogP contribution in [0.15, 0.2) is 18.3 Å². The molecule has 0 aliphatic heterocycles. The zero-order valence-electron chi connectivity index (χ0n) is 14.8. The van der Waals surface area contributed by atoms with E-state index < -0.39 is 64.3 Å². The molecule has 1 heterocycles. The maximum Gasteiger partial charge on any atom is 0.573 e. The zero-order valence-corrected chi connectivity index (χ0v) is 14.8. The Bertz CT molecular complexity index is 959. The van der Waals surface area contributed by atoms with E-state index in [9.17, 15) is 40.6 Å². The lowest BCUT2D eigenvalue weighted by Gasteiger charge is -2.18. The Balaban J connectivity index is 2.60. The first-order valence-corrected chi connectivity index (χ1v) is 7.47. The molecule has 0 fully saturated rings. The van der Waals surface area contributed by atoms with Crippen LogP contribution in [0.2, 0.25) is 0 Å². The van der Waals surface area contributed by atoms with Crippen LogP contribution in [-0.4, -0.2) is 36.6 Å². The second-order valence-corrected chi connectivity index (χ2v) is 5.24. The number of ether oxygens (including phenoxy) is 4. The number of methoxy groups -OCH3 is 2. The Labute approximate surface area is 162 Å². The van der Waals surface area contributed by atoms with Gasteiger partial charge < -0.3 is 24.1 Å². The minimum atomic E-state index is -5.23. The van der Waals surface area contributed by atoms with Crippen molar-refractivity contribution < 1.29 is 59.6 Å². The molecule has 0 atom stereocenters. The van der Waals surface area contributed by atoms with Crippen molar-refractivity contribution in [2.75, 3.05) is 14.2 Å². The fourth-order valence-electron chi connectivity index (χ4n) is 2.27. The second-order valence-electron chi connectivity index (χ2n) is 5.24. The first kappa shape index (κ1) is 22.8. The van der Waals surface area contributed by atoms with E-state index in [-0.39, 0.29) is 0 Å². The van der Waals surface area contributed by atoms with Gasteiger partial charge in [0, 0.05) is 0 Å². The highest BCUT2D eigenvalue weighted by molar-refractivity contribution is 5.94. The third-order valence-electron chi connectivity index (χ3n) is 3.36. The number of carboxylic acid groups (broad SMARTS) is 1. The number of rotatable bonds is 6. The Morgan fingerprint density at radius 3 is 2.00 bits per heavy atom. The first-order chi connectivity index (χ1) is 13.8. The van der Waals surface area contributed by atoms with E-state index in [1.165, 1.54) is 0 Å². The van der Waals surface area contributed by atoms with Crippen LogP contribution in [0, 0.1) is 5.82 Å². The molecule has 1 N–H and O–H groups in total. The topological polar surface area (TPSA) is 87.1 Å². The number of carbonyl (C=O) groups is 1. The van der Waals surface area contributed by atoms with Gasteiger partial charge in [-0.15, -0.1) is 13.2 Å². The number of benzene rings is 1. The molecule has 2 rings (SSSR count). The largest absolute Gasteiger partial charge is 0.573 e. The average Bonchev–Trinajstić information content (AvgIpc) is 2.61. The van der Waals surface area contributed by atoms with Crippen LogP contribution in [-0.2, 0) is 6.18 Å². The maximum absolute atomic E-state index is 14.3. The number of alkyl halides is 6. The van der Waals surface area contributed by atoms with Crippen LogP contribution >= 0.6 is 0 Å².